The van der Waals surface area contributed by atoms with E-state index < -0.39 is 5.60 Å². The lowest BCUT2D eigenvalue weighted by atomic mass is 9.35. The molecule has 4 aliphatic rings. The maximum Gasteiger partial charge on any atom is 0.331 e. The molecule has 4 nitrogen and oxygen atoms in total. The number of hydrogen-bond acceptors (Lipinski definition) is 4. The third-order valence-corrected chi connectivity index (χ3v) is 13.9. The van der Waals surface area contributed by atoms with E-state index >= 15 is 0 Å². The highest BCUT2D eigenvalue weighted by atomic mass is 16.5. The number of rotatable bonds is 7. The number of carbonyl (C=O) groups is 1. The van der Waals surface area contributed by atoms with E-state index in [2.05, 4.69) is 61.5 Å². The van der Waals surface area contributed by atoms with E-state index in [4.69, 9.17) is 4.74 Å². The average molecular weight is 591 g/mol. The highest BCUT2D eigenvalue weighted by Gasteiger charge is 2.69. The Hall–Kier alpha value is -2.07. The van der Waals surface area contributed by atoms with Gasteiger partial charge in [0.25, 0.3) is 0 Å². The summed E-state index contributed by atoms with van der Waals surface area (Å²) in [5.41, 5.74) is 2.23. The molecule has 9 atom stereocenters. The molecule has 4 heteroatoms. The van der Waals surface area contributed by atoms with E-state index in [0.29, 0.717) is 23.7 Å². The van der Waals surface area contributed by atoms with Crippen molar-refractivity contribution >= 4 is 12.0 Å². The molecule has 0 aromatic heterocycles. The summed E-state index contributed by atoms with van der Waals surface area (Å²) in [4.78, 5) is 13.0. The largest absolute Gasteiger partial charge is 0.508 e. The van der Waals surface area contributed by atoms with Crippen LogP contribution in [0.15, 0.2) is 42.0 Å². The summed E-state index contributed by atoms with van der Waals surface area (Å²) < 4.78 is 6.19. The first-order valence-electron chi connectivity index (χ1n) is 17.1. The van der Waals surface area contributed by atoms with Crippen LogP contribution in [0.5, 0.6) is 5.75 Å². The molecule has 4 saturated carbocycles. The number of esters is 1. The van der Waals surface area contributed by atoms with Crippen LogP contribution in [0, 0.1) is 45.3 Å². The van der Waals surface area contributed by atoms with Crippen molar-refractivity contribution in [3.05, 3.63) is 47.6 Å². The van der Waals surface area contributed by atoms with E-state index in [1.807, 2.05) is 0 Å². The van der Waals surface area contributed by atoms with Gasteiger partial charge in [0.15, 0.2) is 0 Å². The maximum absolute atomic E-state index is 13.0. The summed E-state index contributed by atoms with van der Waals surface area (Å²) in [6.45, 7) is 18.9. The Morgan fingerprint density at radius 1 is 0.930 bits per heavy atom. The Morgan fingerprint density at radius 2 is 1.60 bits per heavy atom. The number of aliphatic hydroxyl groups is 1. The van der Waals surface area contributed by atoms with Crippen molar-refractivity contribution in [3.8, 4) is 5.75 Å². The first-order chi connectivity index (χ1) is 20.0. The first kappa shape index (κ1) is 32.3. The van der Waals surface area contributed by atoms with Gasteiger partial charge in [0, 0.05) is 11.5 Å². The zero-order valence-electron chi connectivity index (χ0n) is 28.2. The van der Waals surface area contributed by atoms with Crippen LogP contribution in [0.2, 0.25) is 0 Å². The maximum atomic E-state index is 13.0. The van der Waals surface area contributed by atoms with Gasteiger partial charge in [-0.2, -0.15) is 0 Å². The van der Waals surface area contributed by atoms with Crippen molar-refractivity contribution in [2.24, 2.45) is 45.3 Å². The SMILES string of the molecule is CC(C)=CCCC(C)(O)C1CCC2(C)C1CCC1C3(C)CCC(OC(=O)C=Cc4ccc(O)cc4)C(C)(C)C3CCC12C. The Kier molecular flexibility index (Phi) is 8.55. The number of allylic oxidation sites excluding steroid dienone is 2. The Labute approximate surface area is 261 Å². The van der Waals surface area contributed by atoms with Gasteiger partial charge in [-0.15, -0.1) is 0 Å². The number of carbonyl (C=O) groups excluding carboxylic acids is 1. The minimum Gasteiger partial charge on any atom is -0.508 e. The van der Waals surface area contributed by atoms with Crippen LogP contribution in [-0.4, -0.2) is 27.9 Å². The monoisotopic (exact) mass is 590 g/mol. The molecule has 0 bridgehead atoms. The zero-order chi connectivity index (χ0) is 31.4. The second-order valence-electron chi connectivity index (χ2n) is 16.7. The molecule has 43 heavy (non-hydrogen) atoms. The minimum absolute atomic E-state index is 0.0920. The fourth-order valence-corrected chi connectivity index (χ4v) is 11.4. The summed E-state index contributed by atoms with van der Waals surface area (Å²) >= 11 is 0. The molecule has 0 aliphatic heterocycles. The van der Waals surface area contributed by atoms with Gasteiger partial charge in [0.1, 0.15) is 11.9 Å². The normalized spacial score (nSPS) is 39.7. The predicted molar refractivity (Wildman–Crippen MR) is 175 cm³/mol. The van der Waals surface area contributed by atoms with Crippen LogP contribution in [0.3, 0.4) is 0 Å². The average Bonchev–Trinajstić information content (AvgIpc) is 3.29. The number of phenolic OH excluding ortho intramolecular Hbond substituents is 1. The first-order valence-corrected chi connectivity index (χ1v) is 17.1. The van der Waals surface area contributed by atoms with Crippen LogP contribution in [-0.2, 0) is 9.53 Å². The molecule has 5 rings (SSSR count). The molecule has 0 saturated heterocycles. The molecule has 2 N–H and O–H groups in total. The fourth-order valence-electron chi connectivity index (χ4n) is 11.4. The lowest BCUT2D eigenvalue weighted by Crippen LogP contribution is -2.64. The molecule has 1 aromatic rings. The van der Waals surface area contributed by atoms with Crippen molar-refractivity contribution in [1.29, 1.82) is 0 Å². The van der Waals surface area contributed by atoms with Crippen LogP contribution in [0.1, 0.15) is 125 Å². The van der Waals surface area contributed by atoms with E-state index in [1.165, 1.54) is 43.8 Å². The number of benzene rings is 1. The molecule has 4 aliphatic carbocycles. The van der Waals surface area contributed by atoms with Crippen LogP contribution in [0.25, 0.3) is 6.08 Å². The second kappa shape index (κ2) is 11.4. The Balaban J connectivity index is 1.31. The van der Waals surface area contributed by atoms with Crippen molar-refractivity contribution in [2.45, 2.75) is 131 Å². The van der Waals surface area contributed by atoms with Crippen molar-refractivity contribution in [1.82, 2.24) is 0 Å². The molecule has 0 radical (unpaired) electrons. The minimum atomic E-state index is -0.612. The fraction of sp³-hybridized carbons (Fsp3) is 0.718. The van der Waals surface area contributed by atoms with Crippen LogP contribution in [0.4, 0.5) is 0 Å². The van der Waals surface area contributed by atoms with Gasteiger partial charge >= 0.3 is 5.97 Å². The lowest BCUT2D eigenvalue weighted by Gasteiger charge is -2.70. The van der Waals surface area contributed by atoms with E-state index in [-0.39, 0.29) is 39.5 Å². The predicted octanol–water partition coefficient (Wildman–Crippen LogP) is 9.50. The third-order valence-electron chi connectivity index (χ3n) is 13.9. The van der Waals surface area contributed by atoms with Crippen LogP contribution >= 0.6 is 0 Å². The Bertz CT molecular complexity index is 1240. The zero-order valence-corrected chi connectivity index (χ0v) is 28.2. The Morgan fingerprint density at radius 3 is 2.28 bits per heavy atom. The van der Waals surface area contributed by atoms with Gasteiger partial charge in [-0.3, -0.25) is 0 Å². The highest BCUT2D eigenvalue weighted by Crippen LogP contribution is 2.76. The van der Waals surface area contributed by atoms with Gasteiger partial charge in [-0.25, -0.2) is 4.79 Å². The van der Waals surface area contributed by atoms with E-state index in [0.717, 1.165) is 37.7 Å². The highest BCUT2D eigenvalue weighted by molar-refractivity contribution is 5.87. The van der Waals surface area contributed by atoms with Gasteiger partial charge < -0.3 is 14.9 Å². The topological polar surface area (TPSA) is 66.8 Å². The van der Waals surface area contributed by atoms with Crippen LogP contribution < -0.4 is 0 Å². The molecular weight excluding hydrogens is 532 g/mol. The molecule has 0 spiro atoms. The molecule has 238 valence electrons. The van der Waals surface area contributed by atoms with Gasteiger partial charge in [-0.05, 0) is 149 Å². The number of fused-ring (bicyclic) bond motifs is 5. The molecule has 9 unspecified atom stereocenters. The number of phenols is 1. The lowest BCUT2D eigenvalue weighted by molar-refractivity contribution is -0.229. The molecule has 0 amide bonds. The molecule has 0 heterocycles. The standard InChI is InChI=1S/C39H58O4/c1-26(2)10-9-22-39(8,42)30-19-24-37(6)29(30)16-17-32-36(5)23-21-33(35(3,4)31(36)20-25-38(32,37)7)43-34(41)18-13-27-11-14-28(40)15-12-27/h10-15,18,29-33,40,42H,9,16-17,19-25H2,1-8H3. The third kappa shape index (κ3) is 5.53. The van der Waals surface area contributed by atoms with Gasteiger partial charge in [-0.1, -0.05) is 58.4 Å². The molecule has 1 aromatic carbocycles. The quantitative estimate of drug-likeness (QED) is 0.189. The van der Waals surface area contributed by atoms with E-state index in [9.17, 15) is 15.0 Å². The van der Waals surface area contributed by atoms with E-state index in [1.54, 1.807) is 30.3 Å². The second-order valence-corrected chi connectivity index (χ2v) is 16.7. The number of aromatic hydroxyl groups is 1. The molecular formula is C39H58O4. The van der Waals surface area contributed by atoms with Gasteiger partial charge in [0.05, 0.1) is 5.60 Å². The summed E-state index contributed by atoms with van der Waals surface area (Å²) in [7, 11) is 0. The number of ether oxygens (including phenoxy) is 1. The number of hydrogen-bond donors (Lipinski definition) is 2. The summed E-state index contributed by atoms with van der Waals surface area (Å²) in [6, 6.07) is 6.84. The van der Waals surface area contributed by atoms with Gasteiger partial charge in [0.2, 0.25) is 0 Å². The molecule has 4 fully saturated rings. The van der Waals surface area contributed by atoms with Crippen molar-refractivity contribution in [3.63, 3.8) is 0 Å². The summed E-state index contributed by atoms with van der Waals surface area (Å²) in [5, 5.41) is 21.3. The summed E-state index contributed by atoms with van der Waals surface area (Å²) in [5.74, 6) is 2.06. The van der Waals surface area contributed by atoms with Crippen molar-refractivity contribution < 1.29 is 19.7 Å². The summed E-state index contributed by atoms with van der Waals surface area (Å²) in [6.07, 6.45) is 16.6. The smallest absolute Gasteiger partial charge is 0.331 e. The van der Waals surface area contributed by atoms with Crippen molar-refractivity contribution in [2.75, 3.05) is 0 Å².